The number of ether oxygens (including phenoxy) is 1. The lowest BCUT2D eigenvalue weighted by atomic mass is 10.1. The number of nitrogens with one attached hydrogen (secondary N) is 2. The van der Waals surface area contributed by atoms with Crippen LogP contribution in [0.2, 0.25) is 0 Å². The topological polar surface area (TPSA) is 70.0 Å². The number of halogens is 1. The number of nitrogens with zero attached hydrogens (tertiary/aromatic N) is 5. The number of methoxy groups -OCH3 is 1. The lowest BCUT2D eigenvalue weighted by Gasteiger charge is -2.28. The Labute approximate surface area is 215 Å². The SMILES string of the molecule is CCNC(=NCC(c1ccc(OC)cc1)N1CCCC1)NCC(c1cnn(C)c1)N(C)C.I. The van der Waals surface area contributed by atoms with Crippen LogP contribution in [0.3, 0.4) is 0 Å². The van der Waals surface area contributed by atoms with Crippen LogP contribution in [-0.4, -0.2) is 79.5 Å². The molecule has 2 heterocycles. The number of aryl methyl sites for hydroxylation is 1. The smallest absolute Gasteiger partial charge is 0.191 e. The van der Waals surface area contributed by atoms with Gasteiger partial charge >= 0.3 is 0 Å². The van der Waals surface area contributed by atoms with E-state index in [0.29, 0.717) is 6.54 Å². The van der Waals surface area contributed by atoms with Crippen molar-refractivity contribution in [1.29, 1.82) is 0 Å². The molecule has 1 aromatic carbocycles. The molecule has 0 bridgehead atoms. The first kappa shape index (κ1) is 27.4. The summed E-state index contributed by atoms with van der Waals surface area (Å²) in [6.07, 6.45) is 6.52. The molecule has 2 N–H and O–H groups in total. The molecular weight excluding hydrogens is 529 g/mol. The maximum atomic E-state index is 5.35. The van der Waals surface area contributed by atoms with Gasteiger partial charge in [0, 0.05) is 31.9 Å². The number of hydrogen-bond acceptors (Lipinski definition) is 5. The van der Waals surface area contributed by atoms with Crippen LogP contribution >= 0.6 is 24.0 Å². The molecule has 0 aliphatic carbocycles. The summed E-state index contributed by atoms with van der Waals surface area (Å²) in [5.74, 6) is 1.73. The average Bonchev–Trinajstić information content (AvgIpc) is 3.46. The van der Waals surface area contributed by atoms with Gasteiger partial charge in [-0.3, -0.25) is 14.6 Å². The van der Waals surface area contributed by atoms with Crippen LogP contribution in [0.25, 0.3) is 0 Å². The zero-order valence-corrected chi connectivity index (χ0v) is 23.0. The minimum absolute atomic E-state index is 0. The third-order valence-corrected chi connectivity index (χ3v) is 6.04. The second-order valence-corrected chi connectivity index (χ2v) is 8.56. The van der Waals surface area contributed by atoms with Gasteiger partial charge in [-0.2, -0.15) is 5.10 Å². The number of aromatic nitrogens is 2. The molecule has 3 rings (SSSR count). The number of guanidine groups is 1. The largest absolute Gasteiger partial charge is 0.497 e. The van der Waals surface area contributed by atoms with Gasteiger partial charge in [-0.25, -0.2) is 0 Å². The Balaban J connectivity index is 0.00000385. The number of hydrogen-bond donors (Lipinski definition) is 2. The first-order chi connectivity index (χ1) is 15.5. The summed E-state index contributed by atoms with van der Waals surface area (Å²) in [6, 6.07) is 8.90. The van der Waals surface area contributed by atoms with Crippen molar-refractivity contribution < 1.29 is 4.74 Å². The molecule has 1 fully saturated rings. The Kier molecular flexibility index (Phi) is 11.4. The van der Waals surface area contributed by atoms with Gasteiger partial charge in [-0.05, 0) is 64.6 Å². The highest BCUT2D eigenvalue weighted by Crippen LogP contribution is 2.27. The van der Waals surface area contributed by atoms with E-state index >= 15 is 0 Å². The van der Waals surface area contributed by atoms with Crippen LogP contribution in [0.5, 0.6) is 5.75 Å². The van der Waals surface area contributed by atoms with E-state index in [9.17, 15) is 0 Å². The predicted octanol–water partition coefficient (Wildman–Crippen LogP) is 3.04. The number of likely N-dealkylation sites (tertiary alicyclic amines) is 1. The second-order valence-electron chi connectivity index (χ2n) is 8.56. The summed E-state index contributed by atoms with van der Waals surface area (Å²) >= 11 is 0. The van der Waals surface area contributed by atoms with Gasteiger partial charge in [0.15, 0.2) is 5.96 Å². The molecular formula is C24H40IN7O. The molecule has 1 saturated heterocycles. The van der Waals surface area contributed by atoms with E-state index in [2.05, 4.69) is 64.9 Å². The Morgan fingerprint density at radius 3 is 2.39 bits per heavy atom. The van der Waals surface area contributed by atoms with Crippen molar-refractivity contribution >= 4 is 29.9 Å². The normalized spacial score (nSPS) is 16.4. The van der Waals surface area contributed by atoms with E-state index in [1.165, 1.54) is 24.0 Å². The van der Waals surface area contributed by atoms with Crippen molar-refractivity contribution in [3.8, 4) is 5.75 Å². The summed E-state index contributed by atoms with van der Waals surface area (Å²) in [7, 11) is 7.85. The third-order valence-electron chi connectivity index (χ3n) is 6.04. The fraction of sp³-hybridized carbons (Fsp3) is 0.583. The predicted molar refractivity (Wildman–Crippen MR) is 146 cm³/mol. The Morgan fingerprint density at radius 2 is 1.85 bits per heavy atom. The molecule has 2 aromatic rings. The summed E-state index contributed by atoms with van der Waals surface area (Å²) in [5, 5.41) is 11.3. The van der Waals surface area contributed by atoms with Crippen molar-refractivity contribution in [1.82, 2.24) is 30.2 Å². The van der Waals surface area contributed by atoms with Crippen molar-refractivity contribution in [3.05, 3.63) is 47.8 Å². The van der Waals surface area contributed by atoms with Crippen LogP contribution in [0.4, 0.5) is 0 Å². The summed E-state index contributed by atoms with van der Waals surface area (Å²) in [4.78, 5) is 9.74. The van der Waals surface area contributed by atoms with Gasteiger partial charge in [0.25, 0.3) is 0 Å². The van der Waals surface area contributed by atoms with Crippen LogP contribution in [0, 0.1) is 0 Å². The van der Waals surface area contributed by atoms with E-state index in [1.54, 1.807) is 7.11 Å². The molecule has 1 aromatic heterocycles. The van der Waals surface area contributed by atoms with Crippen LogP contribution in [-0.2, 0) is 7.05 Å². The van der Waals surface area contributed by atoms with Gasteiger partial charge < -0.3 is 20.3 Å². The van der Waals surface area contributed by atoms with E-state index < -0.39 is 0 Å². The van der Waals surface area contributed by atoms with E-state index in [-0.39, 0.29) is 36.1 Å². The van der Waals surface area contributed by atoms with Gasteiger partial charge in [-0.15, -0.1) is 24.0 Å². The molecule has 2 unspecified atom stereocenters. The van der Waals surface area contributed by atoms with Gasteiger partial charge in [-0.1, -0.05) is 12.1 Å². The molecule has 9 heteroatoms. The first-order valence-electron chi connectivity index (χ1n) is 11.6. The Hall–Kier alpha value is -1.85. The lowest BCUT2D eigenvalue weighted by Crippen LogP contribution is -2.42. The van der Waals surface area contributed by atoms with Crippen molar-refractivity contribution in [2.24, 2.45) is 12.0 Å². The average molecular weight is 570 g/mol. The maximum Gasteiger partial charge on any atom is 0.191 e. The molecule has 0 saturated carbocycles. The van der Waals surface area contributed by atoms with Crippen LogP contribution in [0.15, 0.2) is 41.7 Å². The Morgan fingerprint density at radius 1 is 1.15 bits per heavy atom. The molecule has 8 nitrogen and oxygen atoms in total. The lowest BCUT2D eigenvalue weighted by molar-refractivity contribution is 0.251. The van der Waals surface area contributed by atoms with E-state index in [0.717, 1.165) is 37.9 Å². The number of benzene rings is 1. The zero-order chi connectivity index (χ0) is 22.9. The van der Waals surface area contributed by atoms with Gasteiger partial charge in [0.1, 0.15) is 5.75 Å². The van der Waals surface area contributed by atoms with Crippen molar-refractivity contribution in [3.63, 3.8) is 0 Å². The maximum absolute atomic E-state index is 5.35. The molecule has 0 amide bonds. The molecule has 2 atom stereocenters. The molecule has 1 aliphatic heterocycles. The molecule has 1 aliphatic rings. The highest BCUT2D eigenvalue weighted by atomic mass is 127. The standard InChI is InChI=1S/C24H39N7O.HI/c1-6-25-24(26-16-22(29(2)3)20-15-28-30(4)18-20)27-17-23(31-13-7-8-14-31)19-9-11-21(32-5)12-10-19;/h9-12,15,18,22-23H,6-8,13-14,16-17H2,1-5H3,(H2,25,26,27);1H. The van der Waals surface area contributed by atoms with Gasteiger partial charge in [0.05, 0.1) is 31.9 Å². The zero-order valence-electron chi connectivity index (χ0n) is 20.6. The fourth-order valence-electron chi connectivity index (χ4n) is 4.23. The van der Waals surface area contributed by atoms with Gasteiger partial charge in [0.2, 0.25) is 0 Å². The number of likely N-dealkylation sites (N-methyl/N-ethyl adjacent to an activating group) is 1. The second kappa shape index (κ2) is 13.8. The third kappa shape index (κ3) is 7.86. The molecule has 0 radical (unpaired) electrons. The quantitative estimate of drug-likeness (QED) is 0.261. The van der Waals surface area contributed by atoms with Crippen LogP contribution < -0.4 is 15.4 Å². The highest BCUT2D eigenvalue weighted by Gasteiger charge is 2.24. The van der Waals surface area contributed by atoms with Crippen LogP contribution in [0.1, 0.15) is 43.0 Å². The number of rotatable bonds is 10. The minimum Gasteiger partial charge on any atom is -0.497 e. The van der Waals surface area contributed by atoms with Crippen molar-refractivity contribution in [2.75, 3.05) is 53.9 Å². The molecule has 33 heavy (non-hydrogen) atoms. The van der Waals surface area contributed by atoms with Crippen molar-refractivity contribution in [2.45, 2.75) is 31.8 Å². The minimum atomic E-state index is 0. The van der Waals surface area contributed by atoms with E-state index in [4.69, 9.17) is 9.73 Å². The first-order valence-corrected chi connectivity index (χ1v) is 11.6. The number of aliphatic imine (C=N–C) groups is 1. The summed E-state index contributed by atoms with van der Waals surface area (Å²) < 4.78 is 7.19. The highest BCUT2D eigenvalue weighted by molar-refractivity contribution is 14.0. The molecule has 184 valence electrons. The monoisotopic (exact) mass is 569 g/mol. The summed E-state index contributed by atoms with van der Waals surface area (Å²) in [6.45, 7) is 6.63. The molecule has 0 spiro atoms. The Bertz CT molecular complexity index is 847. The fourth-order valence-corrected chi connectivity index (χ4v) is 4.23. The van der Waals surface area contributed by atoms with E-state index in [1.807, 2.05) is 30.1 Å². The summed E-state index contributed by atoms with van der Waals surface area (Å²) in [5.41, 5.74) is 2.47.